The molecule has 37 heavy (non-hydrogen) atoms. The zero-order chi connectivity index (χ0) is 26.4. The van der Waals surface area contributed by atoms with Crippen LogP contribution >= 0.6 is 0 Å². The number of methoxy groups -OCH3 is 1. The summed E-state index contributed by atoms with van der Waals surface area (Å²) >= 11 is 0. The number of carbonyl (C=O) groups is 2. The number of ether oxygens (including phenoxy) is 1. The summed E-state index contributed by atoms with van der Waals surface area (Å²) in [7, 11) is 7.67. The molecule has 0 fully saturated rings. The fourth-order valence-electron chi connectivity index (χ4n) is 4.44. The Hall–Kier alpha value is -3.94. The Morgan fingerprint density at radius 1 is 0.919 bits per heavy atom. The molecule has 1 amide bonds. The number of esters is 1. The van der Waals surface area contributed by atoms with Gasteiger partial charge >= 0.3 is 5.97 Å². The lowest BCUT2D eigenvalue weighted by Crippen LogP contribution is -2.23. The van der Waals surface area contributed by atoms with E-state index in [0.29, 0.717) is 22.5 Å². The van der Waals surface area contributed by atoms with Gasteiger partial charge in [0.2, 0.25) is 0 Å². The second kappa shape index (κ2) is 11.9. The molecule has 7 nitrogen and oxygen atoms in total. The minimum Gasteiger partial charge on any atom is -0.465 e. The van der Waals surface area contributed by atoms with E-state index < -0.39 is 5.97 Å². The van der Waals surface area contributed by atoms with Crippen LogP contribution in [-0.2, 0) is 16.1 Å². The molecule has 0 aliphatic carbocycles. The number of amides is 1. The number of fused-ring (bicyclic) bond motifs is 1. The molecule has 7 heteroatoms. The highest BCUT2D eigenvalue weighted by molar-refractivity contribution is 6.37. The fraction of sp³-hybridized carbons (Fsp3) is 0.267. The van der Waals surface area contributed by atoms with Crippen LogP contribution in [0.1, 0.15) is 33.5 Å². The lowest BCUT2D eigenvalue weighted by Gasteiger charge is -2.19. The molecule has 3 aromatic rings. The summed E-state index contributed by atoms with van der Waals surface area (Å²) in [6.07, 6.45) is 1.13. The Labute approximate surface area is 218 Å². The summed E-state index contributed by atoms with van der Waals surface area (Å²) in [5.74, 6) is -0.668. The van der Waals surface area contributed by atoms with Gasteiger partial charge in [0.1, 0.15) is 0 Å². The minimum absolute atomic E-state index is 0.223. The maximum atomic E-state index is 13.2. The number of nitrogens with one attached hydrogen (secondary N) is 2. The summed E-state index contributed by atoms with van der Waals surface area (Å²) in [6.45, 7) is 2.98. The normalized spacial score (nSPS) is 13.9. The van der Waals surface area contributed by atoms with Crippen molar-refractivity contribution in [2.75, 3.05) is 52.0 Å². The second-order valence-corrected chi connectivity index (χ2v) is 9.54. The van der Waals surface area contributed by atoms with Gasteiger partial charge in [0, 0.05) is 17.8 Å². The van der Waals surface area contributed by atoms with Crippen LogP contribution in [0.25, 0.3) is 11.3 Å². The molecular weight excluding hydrogens is 464 g/mol. The third-order valence-corrected chi connectivity index (χ3v) is 6.32. The predicted molar refractivity (Wildman–Crippen MR) is 149 cm³/mol. The van der Waals surface area contributed by atoms with Crippen LogP contribution in [0, 0.1) is 0 Å². The smallest absolute Gasteiger partial charge is 0.337 e. The van der Waals surface area contributed by atoms with Gasteiger partial charge in [-0.15, -0.1) is 0 Å². The van der Waals surface area contributed by atoms with Crippen LogP contribution in [0.2, 0.25) is 0 Å². The Balaban J connectivity index is 1.60. The van der Waals surface area contributed by atoms with Gasteiger partial charge in [-0.2, -0.15) is 0 Å². The third-order valence-electron chi connectivity index (χ3n) is 6.32. The molecule has 0 aromatic heterocycles. The van der Waals surface area contributed by atoms with Crippen molar-refractivity contribution in [3.05, 3.63) is 95.1 Å². The highest BCUT2D eigenvalue weighted by atomic mass is 16.5. The second-order valence-electron chi connectivity index (χ2n) is 9.54. The number of hydrogen-bond acceptors (Lipinski definition) is 6. The number of carbonyl (C=O) groups excluding carboxylic acids is 2. The SMILES string of the molecule is COC(=O)c1ccc2c(c1)NC(=O)/C2=C(\Nc1ccc(CN(C)CCCN(C)C)cc1)c1ccccc1. The molecule has 4 rings (SSSR count). The molecule has 0 saturated heterocycles. The van der Waals surface area contributed by atoms with Crippen LogP contribution in [0.3, 0.4) is 0 Å². The van der Waals surface area contributed by atoms with E-state index in [1.807, 2.05) is 42.5 Å². The molecule has 0 unspecified atom stereocenters. The molecule has 3 aromatic carbocycles. The standard InChI is InChI=1S/C30H34N4O3/c1-33(2)17-8-18-34(3)20-21-11-14-24(15-12-21)31-28(22-9-6-5-7-10-22)27-25-16-13-23(30(36)37-4)19-26(25)32-29(27)35/h5-7,9-16,19,31H,8,17-18,20H2,1-4H3,(H,32,35)/b28-27-. The van der Waals surface area contributed by atoms with Crippen molar-refractivity contribution in [3.8, 4) is 0 Å². The van der Waals surface area contributed by atoms with E-state index in [1.165, 1.54) is 12.7 Å². The van der Waals surface area contributed by atoms with Crippen LogP contribution in [0.4, 0.5) is 11.4 Å². The fourth-order valence-corrected chi connectivity index (χ4v) is 4.44. The zero-order valence-electron chi connectivity index (χ0n) is 21.9. The Kier molecular flexibility index (Phi) is 8.38. The Bertz CT molecular complexity index is 1280. The maximum absolute atomic E-state index is 13.2. The molecule has 0 bridgehead atoms. The summed E-state index contributed by atoms with van der Waals surface area (Å²) in [4.78, 5) is 29.7. The van der Waals surface area contributed by atoms with Crippen molar-refractivity contribution >= 4 is 34.5 Å². The summed E-state index contributed by atoms with van der Waals surface area (Å²) in [6, 6.07) is 23.2. The monoisotopic (exact) mass is 498 g/mol. The number of benzene rings is 3. The van der Waals surface area contributed by atoms with Crippen molar-refractivity contribution in [3.63, 3.8) is 0 Å². The highest BCUT2D eigenvalue weighted by Crippen LogP contribution is 2.38. The minimum atomic E-state index is -0.445. The Morgan fingerprint density at radius 3 is 2.32 bits per heavy atom. The molecule has 0 spiro atoms. The van der Waals surface area contributed by atoms with Gasteiger partial charge in [0.05, 0.1) is 29.6 Å². The first-order chi connectivity index (χ1) is 17.9. The van der Waals surface area contributed by atoms with Gasteiger partial charge in [0.15, 0.2) is 0 Å². The number of hydrogen-bond donors (Lipinski definition) is 2. The molecule has 0 saturated carbocycles. The molecule has 0 atom stereocenters. The first-order valence-corrected chi connectivity index (χ1v) is 12.4. The third kappa shape index (κ3) is 6.44. The first-order valence-electron chi connectivity index (χ1n) is 12.4. The quantitative estimate of drug-likeness (QED) is 0.309. The van der Waals surface area contributed by atoms with E-state index in [9.17, 15) is 9.59 Å². The first kappa shape index (κ1) is 26.1. The molecule has 1 aliphatic heterocycles. The van der Waals surface area contributed by atoms with E-state index in [-0.39, 0.29) is 5.91 Å². The van der Waals surface area contributed by atoms with Crippen LogP contribution in [-0.4, -0.2) is 63.0 Å². The Morgan fingerprint density at radius 2 is 1.65 bits per heavy atom. The van der Waals surface area contributed by atoms with E-state index in [4.69, 9.17) is 4.74 Å². The van der Waals surface area contributed by atoms with E-state index in [0.717, 1.165) is 42.9 Å². The van der Waals surface area contributed by atoms with Crippen LogP contribution in [0.5, 0.6) is 0 Å². The van der Waals surface area contributed by atoms with Gasteiger partial charge in [0.25, 0.3) is 5.91 Å². The van der Waals surface area contributed by atoms with Gasteiger partial charge in [-0.3, -0.25) is 4.79 Å². The summed E-state index contributed by atoms with van der Waals surface area (Å²) < 4.78 is 4.83. The van der Waals surface area contributed by atoms with E-state index >= 15 is 0 Å². The van der Waals surface area contributed by atoms with Crippen LogP contribution < -0.4 is 10.6 Å². The van der Waals surface area contributed by atoms with E-state index in [2.05, 4.69) is 53.7 Å². The summed E-state index contributed by atoms with van der Waals surface area (Å²) in [5, 5.41) is 6.40. The molecule has 2 N–H and O–H groups in total. The lowest BCUT2D eigenvalue weighted by atomic mass is 9.99. The highest BCUT2D eigenvalue weighted by Gasteiger charge is 2.29. The average molecular weight is 499 g/mol. The maximum Gasteiger partial charge on any atom is 0.337 e. The predicted octanol–water partition coefficient (Wildman–Crippen LogP) is 4.79. The topological polar surface area (TPSA) is 73.9 Å². The van der Waals surface area contributed by atoms with Gasteiger partial charge in [-0.1, -0.05) is 48.5 Å². The van der Waals surface area contributed by atoms with Crippen molar-refractivity contribution in [1.82, 2.24) is 9.80 Å². The number of nitrogens with zero attached hydrogens (tertiary/aromatic N) is 2. The van der Waals surface area contributed by atoms with Gasteiger partial charge in [-0.05, 0) is 76.0 Å². The zero-order valence-corrected chi connectivity index (χ0v) is 21.9. The van der Waals surface area contributed by atoms with E-state index in [1.54, 1.807) is 18.2 Å². The molecular formula is C30H34N4O3. The van der Waals surface area contributed by atoms with Crippen molar-refractivity contribution < 1.29 is 14.3 Å². The van der Waals surface area contributed by atoms with Gasteiger partial charge < -0.3 is 25.2 Å². The molecule has 192 valence electrons. The number of rotatable bonds is 10. The molecule has 0 radical (unpaired) electrons. The lowest BCUT2D eigenvalue weighted by molar-refractivity contribution is -0.110. The largest absolute Gasteiger partial charge is 0.465 e. The number of anilines is 2. The van der Waals surface area contributed by atoms with Crippen molar-refractivity contribution in [2.45, 2.75) is 13.0 Å². The molecule has 1 heterocycles. The van der Waals surface area contributed by atoms with Gasteiger partial charge in [-0.25, -0.2) is 4.79 Å². The average Bonchev–Trinajstić information content (AvgIpc) is 3.22. The van der Waals surface area contributed by atoms with Crippen molar-refractivity contribution in [1.29, 1.82) is 0 Å². The molecule has 1 aliphatic rings. The summed E-state index contributed by atoms with van der Waals surface area (Å²) in [5.41, 5.74) is 5.95. The van der Waals surface area contributed by atoms with Crippen LogP contribution in [0.15, 0.2) is 72.8 Å². The van der Waals surface area contributed by atoms with Crippen molar-refractivity contribution in [2.24, 2.45) is 0 Å².